The van der Waals surface area contributed by atoms with Gasteiger partial charge in [0.2, 0.25) is 0 Å². The summed E-state index contributed by atoms with van der Waals surface area (Å²) >= 11 is 0. The fourth-order valence-corrected chi connectivity index (χ4v) is 2.81. The van der Waals surface area contributed by atoms with E-state index < -0.39 is 23.2 Å². The van der Waals surface area contributed by atoms with Crippen molar-refractivity contribution in [3.8, 4) is 0 Å². The van der Waals surface area contributed by atoms with E-state index >= 15 is 0 Å². The first kappa shape index (κ1) is 16.8. The van der Waals surface area contributed by atoms with Crippen LogP contribution in [-0.4, -0.2) is 34.9 Å². The summed E-state index contributed by atoms with van der Waals surface area (Å²) in [5.74, 6) is -0.670. The number of ether oxygens (including phenoxy) is 1. The fourth-order valence-electron chi connectivity index (χ4n) is 2.81. The van der Waals surface area contributed by atoms with Gasteiger partial charge < -0.3 is 20.9 Å². The number of carboxylic acid groups (broad SMARTS) is 1. The summed E-state index contributed by atoms with van der Waals surface area (Å²) in [6.07, 6.45) is 2.43. The van der Waals surface area contributed by atoms with Gasteiger partial charge in [0.25, 0.3) is 0 Å². The number of alkyl carbamates (subject to hydrolysis) is 1. The zero-order valence-electron chi connectivity index (χ0n) is 12.6. The SMILES string of the molecule is CC(C)(C)OC(=O)NC1(CC(=O)O)CCCC(CN)C1. The number of hydrogen-bond acceptors (Lipinski definition) is 4. The highest BCUT2D eigenvalue weighted by Crippen LogP contribution is 2.34. The number of aliphatic carboxylic acids is 1. The minimum Gasteiger partial charge on any atom is -0.481 e. The molecule has 2 unspecified atom stereocenters. The lowest BCUT2D eigenvalue weighted by molar-refractivity contribution is -0.139. The van der Waals surface area contributed by atoms with Crippen LogP contribution >= 0.6 is 0 Å². The average Bonchev–Trinajstić information content (AvgIpc) is 2.24. The van der Waals surface area contributed by atoms with E-state index in [2.05, 4.69) is 5.32 Å². The molecule has 1 fully saturated rings. The summed E-state index contributed by atoms with van der Waals surface area (Å²) in [5.41, 5.74) is 4.36. The van der Waals surface area contributed by atoms with Crippen molar-refractivity contribution in [2.45, 2.75) is 64.0 Å². The zero-order chi connectivity index (χ0) is 15.4. The summed E-state index contributed by atoms with van der Waals surface area (Å²) in [6, 6.07) is 0. The molecule has 1 aliphatic rings. The lowest BCUT2D eigenvalue weighted by atomic mass is 9.74. The van der Waals surface area contributed by atoms with Crippen LogP contribution in [0.1, 0.15) is 52.9 Å². The van der Waals surface area contributed by atoms with E-state index in [9.17, 15) is 9.59 Å². The Labute approximate surface area is 120 Å². The maximum absolute atomic E-state index is 12.0. The monoisotopic (exact) mass is 286 g/mol. The summed E-state index contributed by atoms with van der Waals surface area (Å²) in [6.45, 7) is 5.84. The molecule has 116 valence electrons. The topological polar surface area (TPSA) is 102 Å². The van der Waals surface area contributed by atoms with Gasteiger partial charge in [0.1, 0.15) is 5.60 Å². The highest BCUT2D eigenvalue weighted by Gasteiger charge is 2.40. The molecule has 4 N–H and O–H groups in total. The number of carbonyl (C=O) groups is 2. The Morgan fingerprint density at radius 1 is 1.45 bits per heavy atom. The average molecular weight is 286 g/mol. The first-order chi connectivity index (χ1) is 9.16. The molecule has 0 heterocycles. The van der Waals surface area contributed by atoms with Crippen LogP contribution in [0, 0.1) is 5.92 Å². The van der Waals surface area contributed by atoms with Crippen molar-refractivity contribution in [2.75, 3.05) is 6.54 Å². The van der Waals surface area contributed by atoms with E-state index in [0.29, 0.717) is 19.4 Å². The van der Waals surface area contributed by atoms with Crippen LogP contribution < -0.4 is 11.1 Å². The van der Waals surface area contributed by atoms with E-state index in [1.807, 2.05) is 0 Å². The third kappa shape index (κ3) is 5.36. The Morgan fingerprint density at radius 3 is 2.60 bits per heavy atom. The van der Waals surface area contributed by atoms with Gasteiger partial charge in [-0.2, -0.15) is 0 Å². The molecule has 0 radical (unpaired) electrons. The number of nitrogens with one attached hydrogen (secondary N) is 1. The third-order valence-corrected chi connectivity index (χ3v) is 3.54. The molecule has 20 heavy (non-hydrogen) atoms. The van der Waals surface area contributed by atoms with Crippen molar-refractivity contribution in [1.82, 2.24) is 5.32 Å². The van der Waals surface area contributed by atoms with Gasteiger partial charge in [-0.3, -0.25) is 4.79 Å². The minimum atomic E-state index is -0.918. The van der Waals surface area contributed by atoms with E-state index in [1.54, 1.807) is 20.8 Å². The normalized spacial score (nSPS) is 26.9. The van der Waals surface area contributed by atoms with E-state index in [0.717, 1.165) is 12.8 Å². The van der Waals surface area contributed by atoms with Crippen LogP contribution in [0.2, 0.25) is 0 Å². The number of rotatable bonds is 4. The van der Waals surface area contributed by atoms with Crippen LogP contribution in [0.5, 0.6) is 0 Å². The Balaban J connectivity index is 2.78. The molecule has 1 rings (SSSR count). The molecular formula is C14H26N2O4. The van der Waals surface area contributed by atoms with Gasteiger partial charge in [0.05, 0.1) is 12.0 Å². The number of nitrogens with two attached hydrogens (primary N) is 1. The van der Waals surface area contributed by atoms with E-state index in [1.165, 1.54) is 0 Å². The first-order valence-corrected chi connectivity index (χ1v) is 7.09. The summed E-state index contributed by atoms with van der Waals surface area (Å²) in [5, 5.41) is 11.9. The molecule has 2 atom stereocenters. The second-order valence-electron chi connectivity index (χ2n) is 6.68. The smallest absolute Gasteiger partial charge is 0.408 e. The van der Waals surface area contributed by atoms with Crippen molar-refractivity contribution in [1.29, 1.82) is 0 Å². The lowest BCUT2D eigenvalue weighted by Crippen LogP contribution is -2.54. The van der Waals surface area contributed by atoms with Gasteiger partial charge in [-0.05, 0) is 52.5 Å². The van der Waals surface area contributed by atoms with Crippen molar-refractivity contribution in [3.05, 3.63) is 0 Å². The second-order valence-corrected chi connectivity index (χ2v) is 6.68. The minimum absolute atomic E-state index is 0.0945. The van der Waals surface area contributed by atoms with Crippen LogP contribution in [0.15, 0.2) is 0 Å². The zero-order valence-corrected chi connectivity index (χ0v) is 12.6. The van der Waals surface area contributed by atoms with Gasteiger partial charge in [0.15, 0.2) is 0 Å². The van der Waals surface area contributed by atoms with Crippen molar-refractivity contribution in [3.63, 3.8) is 0 Å². The number of carbonyl (C=O) groups excluding carboxylic acids is 1. The quantitative estimate of drug-likeness (QED) is 0.732. The van der Waals surface area contributed by atoms with Crippen LogP contribution in [-0.2, 0) is 9.53 Å². The molecule has 6 nitrogen and oxygen atoms in total. The van der Waals surface area contributed by atoms with Crippen LogP contribution in [0.25, 0.3) is 0 Å². The third-order valence-electron chi connectivity index (χ3n) is 3.54. The predicted molar refractivity (Wildman–Crippen MR) is 75.4 cm³/mol. The summed E-state index contributed by atoms with van der Waals surface area (Å²) in [7, 11) is 0. The highest BCUT2D eigenvalue weighted by atomic mass is 16.6. The van der Waals surface area contributed by atoms with Gasteiger partial charge in [-0.15, -0.1) is 0 Å². The number of hydrogen-bond donors (Lipinski definition) is 3. The maximum atomic E-state index is 12.0. The van der Waals surface area contributed by atoms with Gasteiger partial charge >= 0.3 is 12.1 Å². The lowest BCUT2D eigenvalue weighted by Gasteiger charge is -2.40. The van der Waals surface area contributed by atoms with E-state index in [4.69, 9.17) is 15.6 Å². The standard InChI is InChI=1S/C14H26N2O4/c1-13(2,3)20-12(19)16-14(8-11(17)18)6-4-5-10(7-14)9-15/h10H,4-9,15H2,1-3H3,(H,16,19)(H,17,18). The van der Waals surface area contributed by atoms with E-state index in [-0.39, 0.29) is 12.3 Å². The Bertz CT molecular complexity index is 365. The molecule has 0 aromatic carbocycles. The second kappa shape index (κ2) is 6.43. The van der Waals surface area contributed by atoms with Crippen LogP contribution in [0.4, 0.5) is 4.79 Å². The molecule has 1 amide bonds. The maximum Gasteiger partial charge on any atom is 0.408 e. The first-order valence-electron chi connectivity index (χ1n) is 7.09. The largest absolute Gasteiger partial charge is 0.481 e. The molecule has 1 aliphatic carbocycles. The molecule has 6 heteroatoms. The summed E-state index contributed by atoms with van der Waals surface area (Å²) in [4.78, 5) is 23.1. The van der Waals surface area contributed by atoms with Gasteiger partial charge in [0, 0.05) is 0 Å². The number of carboxylic acids is 1. The van der Waals surface area contributed by atoms with Crippen LogP contribution in [0.3, 0.4) is 0 Å². The molecule has 0 bridgehead atoms. The molecule has 1 saturated carbocycles. The Morgan fingerprint density at radius 2 is 2.10 bits per heavy atom. The Hall–Kier alpha value is -1.30. The summed E-state index contributed by atoms with van der Waals surface area (Å²) < 4.78 is 5.24. The predicted octanol–water partition coefficient (Wildman–Crippen LogP) is 1.87. The van der Waals surface area contributed by atoms with Gasteiger partial charge in [-0.25, -0.2) is 4.79 Å². The molecular weight excluding hydrogens is 260 g/mol. The van der Waals surface area contributed by atoms with Crippen molar-refractivity contribution >= 4 is 12.1 Å². The van der Waals surface area contributed by atoms with Gasteiger partial charge in [-0.1, -0.05) is 6.42 Å². The van der Waals surface area contributed by atoms with Crippen molar-refractivity contribution < 1.29 is 19.4 Å². The Kier molecular flexibility index (Phi) is 5.39. The molecule has 0 spiro atoms. The molecule has 0 aliphatic heterocycles. The molecule has 0 saturated heterocycles. The van der Waals surface area contributed by atoms with Crippen molar-refractivity contribution in [2.24, 2.45) is 11.7 Å². The number of amides is 1. The molecule has 0 aromatic rings. The molecule has 0 aromatic heterocycles. The fraction of sp³-hybridized carbons (Fsp3) is 0.857. The highest BCUT2D eigenvalue weighted by molar-refractivity contribution is 5.73.